The van der Waals surface area contributed by atoms with Crippen molar-refractivity contribution in [1.29, 1.82) is 0 Å². The van der Waals surface area contributed by atoms with Crippen LogP contribution in [0.3, 0.4) is 0 Å². The number of benzene rings is 1. The molecular weight excluding hydrogens is 485 g/mol. The number of carbonyl (C=O) groups excluding carboxylic acids is 5. The predicted octanol–water partition coefficient (Wildman–Crippen LogP) is 1.20. The van der Waals surface area contributed by atoms with Gasteiger partial charge in [-0.2, -0.15) is 0 Å². The number of imide groups is 2. The SMILES string of the molecule is O=C1CCC(N2C(=O)c3cccc(OCC(F)CNC(=O)c4cnccc4NC4CC4)c3C2=O)C(=O)N1. The van der Waals surface area contributed by atoms with Gasteiger partial charge in [-0.15, -0.1) is 0 Å². The minimum atomic E-state index is -1.62. The number of pyridine rings is 1. The average Bonchev–Trinajstić information content (AvgIpc) is 3.67. The summed E-state index contributed by atoms with van der Waals surface area (Å²) >= 11 is 0. The van der Waals surface area contributed by atoms with E-state index in [1.807, 2.05) is 0 Å². The number of anilines is 1. The standard InChI is InChI=1S/C25H24FN5O6/c26-13(10-28-22(33)16-11-27-9-8-17(16)29-14-4-5-14)12-37-19-3-1-2-15-21(19)25(36)31(24(15)35)18-6-7-20(32)30-23(18)34/h1-3,8-9,11,13-14,18H,4-7,10,12H2,(H,27,29)(H,28,33)(H,30,32,34). The number of nitrogens with one attached hydrogen (secondary N) is 3. The van der Waals surface area contributed by atoms with E-state index >= 15 is 0 Å². The number of alkyl halides is 1. The Balaban J connectivity index is 1.20. The third-order valence-electron chi connectivity index (χ3n) is 6.34. The van der Waals surface area contributed by atoms with E-state index < -0.39 is 48.4 Å². The molecular formula is C25H24FN5O6. The average molecular weight is 509 g/mol. The zero-order chi connectivity index (χ0) is 26.1. The van der Waals surface area contributed by atoms with Crippen LogP contribution in [-0.4, -0.2) is 70.8 Å². The highest BCUT2D eigenvalue weighted by atomic mass is 19.1. The maximum atomic E-state index is 14.6. The van der Waals surface area contributed by atoms with E-state index in [1.54, 1.807) is 12.3 Å². The minimum Gasteiger partial charge on any atom is -0.490 e. The quantitative estimate of drug-likeness (QED) is 0.428. The lowest BCUT2D eigenvalue weighted by Crippen LogP contribution is -2.54. The fraction of sp³-hybridized carbons (Fsp3) is 0.360. The number of nitrogens with zero attached hydrogens (tertiary/aromatic N) is 2. The third-order valence-corrected chi connectivity index (χ3v) is 6.34. The van der Waals surface area contributed by atoms with Gasteiger partial charge in [0.15, 0.2) is 6.17 Å². The normalized spacial score (nSPS) is 19.8. The Kier molecular flexibility index (Phi) is 6.55. The van der Waals surface area contributed by atoms with E-state index in [0.29, 0.717) is 17.3 Å². The second-order valence-corrected chi connectivity index (χ2v) is 9.08. The van der Waals surface area contributed by atoms with Crippen LogP contribution in [0.1, 0.15) is 56.8 Å². The molecule has 1 saturated carbocycles. The molecule has 2 atom stereocenters. The molecule has 12 heteroatoms. The summed E-state index contributed by atoms with van der Waals surface area (Å²) in [6.07, 6.45) is 3.43. The summed E-state index contributed by atoms with van der Waals surface area (Å²) in [6.45, 7) is -0.836. The Morgan fingerprint density at radius 2 is 1.97 bits per heavy atom. The predicted molar refractivity (Wildman–Crippen MR) is 127 cm³/mol. The molecule has 1 aromatic carbocycles. The summed E-state index contributed by atoms with van der Waals surface area (Å²) in [5, 5.41) is 7.89. The second-order valence-electron chi connectivity index (χ2n) is 9.08. The lowest BCUT2D eigenvalue weighted by Gasteiger charge is -2.27. The number of ether oxygens (including phenoxy) is 1. The molecule has 1 aromatic heterocycles. The number of hydrogen-bond donors (Lipinski definition) is 3. The van der Waals surface area contributed by atoms with Crippen molar-refractivity contribution in [1.82, 2.24) is 20.5 Å². The lowest BCUT2D eigenvalue weighted by atomic mass is 10.0. The molecule has 2 aliphatic heterocycles. The van der Waals surface area contributed by atoms with Crippen molar-refractivity contribution in [3.05, 3.63) is 53.3 Å². The third kappa shape index (κ3) is 4.99. The molecule has 2 unspecified atom stereocenters. The molecule has 2 fully saturated rings. The highest BCUT2D eigenvalue weighted by Gasteiger charge is 2.46. The van der Waals surface area contributed by atoms with Crippen LogP contribution in [0.15, 0.2) is 36.7 Å². The van der Waals surface area contributed by atoms with Gasteiger partial charge < -0.3 is 15.4 Å². The lowest BCUT2D eigenvalue weighted by molar-refractivity contribution is -0.136. The van der Waals surface area contributed by atoms with Crippen molar-refractivity contribution in [3.63, 3.8) is 0 Å². The molecule has 0 bridgehead atoms. The number of amides is 5. The first-order chi connectivity index (χ1) is 17.8. The molecule has 192 valence electrons. The first-order valence-electron chi connectivity index (χ1n) is 11.9. The van der Waals surface area contributed by atoms with Crippen LogP contribution in [-0.2, 0) is 9.59 Å². The van der Waals surface area contributed by atoms with Crippen molar-refractivity contribution in [2.45, 2.75) is 43.9 Å². The molecule has 1 aliphatic carbocycles. The summed E-state index contributed by atoms with van der Waals surface area (Å²) in [7, 11) is 0. The molecule has 5 rings (SSSR count). The first kappa shape index (κ1) is 24.3. The molecule has 3 N–H and O–H groups in total. The van der Waals surface area contributed by atoms with Crippen LogP contribution in [0.5, 0.6) is 5.75 Å². The maximum Gasteiger partial charge on any atom is 0.266 e. The Hall–Kier alpha value is -4.35. The zero-order valence-corrected chi connectivity index (χ0v) is 19.7. The van der Waals surface area contributed by atoms with Crippen LogP contribution in [0.25, 0.3) is 0 Å². The number of fused-ring (bicyclic) bond motifs is 1. The zero-order valence-electron chi connectivity index (χ0n) is 19.7. The number of halogens is 1. The molecule has 0 spiro atoms. The van der Waals surface area contributed by atoms with Crippen LogP contribution in [0.2, 0.25) is 0 Å². The molecule has 3 heterocycles. The van der Waals surface area contributed by atoms with E-state index in [9.17, 15) is 28.4 Å². The fourth-order valence-corrected chi connectivity index (χ4v) is 4.29. The first-order valence-corrected chi connectivity index (χ1v) is 11.9. The van der Waals surface area contributed by atoms with Crippen molar-refractivity contribution in [3.8, 4) is 5.75 Å². The fourth-order valence-electron chi connectivity index (χ4n) is 4.29. The van der Waals surface area contributed by atoms with Gasteiger partial charge in [-0.3, -0.25) is 39.2 Å². The molecule has 2 aromatic rings. The molecule has 0 radical (unpaired) electrons. The number of carbonyl (C=O) groups is 5. The summed E-state index contributed by atoms with van der Waals surface area (Å²) in [5.74, 6) is -3.13. The van der Waals surface area contributed by atoms with E-state index in [1.165, 1.54) is 24.4 Å². The summed E-state index contributed by atoms with van der Waals surface area (Å²) in [6, 6.07) is 5.23. The molecule has 11 nitrogen and oxygen atoms in total. The van der Waals surface area contributed by atoms with E-state index in [-0.39, 0.29) is 36.3 Å². The van der Waals surface area contributed by atoms with E-state index in [4.69, 9.17) is 4.74 Å². The maximum absolute atomic E-state index is 14.6. The number of piperidine rings is 1. The van der Waals surface area contributed by atoms with Crippen molar-refractivity contribution >= 4 is 35.2 Å². The smallest absolute Gasteiger partial charge is 0.266 e. The van der Waals surface area contributed by atoms with Crippen LogP contribution >= 0.6 is 0 Å². The molecule has 37 heavy (non-hydrogen) atoms. The Bertz CT molecular complexity index is 1300. The van der Waals surface area contributed by atoms with Gasteiger partial charge in [0.25, 0.3) is 17.7 Å². The van der Waals surface area contributed by atoms with E-state index in [2.05, 4.69) is 20.9 Å². The van der Waals surface area contributed by atoms with Gasteiger partial charge in [-0.1, -0.05) is 6.07 Å². The number of aromatic nitrogens is 1. The Labute approximate surface area is 210 Å². The Morgan fingerprint density at radius 1 is 1.16 bits per heavy atom. The van der Waals surface area contributed by atoms with Gasteiger partial charge in [0, 0.05) is 24.9 Å². The van der Waals surface area contributed by atoms with E-state index in [0.717, 1.165) is 17.7 Å². The number of hydrogen-bond acceptors (Lipinski definition) is 8. The highest BCUT2D eigenvalue weighted by Crippen LogP contribution is 2.33. The van der Waals surface area contributed by atoms with Gasteiger partial charge in [0.2, 0.25) is 11.8 Å². The molecule has 5 amide bonds. The highest BCUT2D eigenvalue weighted by molar-refractivity contribution is 6.24. The van der Waals surface area contributed by atoms with Crippen molar-refractivity contribution < 1.29 is 33.1 Å². The van der Waals surface area contributed by atoms with Crippen LogP contribution < -0.4 is 20.7 Å². The molecule has 1 saturated heterocycles. The summed E-state index contributed by atoms with van der Waals surface area (Å²) in [5.41, 5.74) is 0.897. The van der Waals surface area contributed by atoms with Gasteiger partial charge >= 0.3 is 0 Å². The van der Waals surface area contributed by atoms with Crippen LogP contribution in [0.4, 0.5) is 10.1 Å². The molecule has 3 aliphatic rings. The van der Waals surface area contributed by atoms with Gasteiger partial charge in [-0.25, -0.2) is 4.39 Å². The summed E-state index contributed by atoms with van der Waals surface area (Å²) < 4.78 is 20.2. The van der Waals surface area contributed by atoms with Gasteiger partial charge in [-0.05, 0) is 37.5 Å². The summed E-state index contributed by atoms with van der Waals surface area (Å²) in [4.78, 5) is 67.0. The topological polar surface area (TPSA) is 147 Å². The van der Waals surface area contributed by atoms with Gasteiger partial charge in [0.05, 0.1) is 28.9 Å². The number of rotatable bonds is 9. The largest absolute Gasteiger partial charge is 0.490 e. The minimum absolute atomic E-state index is 0.000395. The monoisotopic (exact) mass is 509 g/mol. The second kappa shape index (κ2) is 9.96. The van der Waals surface area contributed by atoms with Gasteiger partial charge in [0.1, 0.15) is 18.4 Å². The Morgan fingerprint density at radius 3 is 2.73 bits per heavy atom. The van der Waals surface area contributed by atoms with Crippen molar-refractivity contribution in [2.24, 2.45) is 0 Å². The van der Waals surface area contributed by atoms with Crippen LogP contribution in [0, 0.1) is 0 Å². The van der Waals surface area contributed by atoms with Crippen molar-refractivity contribution in [2.75, 3.05) is 18.5 Å².